The lowest BCUT2D eigenvalue weighted by molar-refractivity contribution is 0.0953. The van der Waals surface area contributed by atoms with Crippen LogP contribution in [0.2, 0.25) is 0 Å². The summed E-state index contributed by atoms with van der Waals surface area (Å²) in [4.78, 5) is 11.7. The van der Waals surface area contributed by atoms with Crippen LogP contribution in [0.15, 0.2) is 24.3 Å². The first kappa shape index (κ1) is 12.7. The molecule has 0 atom stereocenters. The van der Waals surface area contributed by atoms with Crippen molar-refractivity contribution in [2.75, 3.05) is 20.1 Å². The Bertz CT molecular complexity index is 339. The summed E-state index contributed by atoms with van der Waals surface area (Å²) < 4.78 is 0. The molecule has 1 aromatic rings. The molecule has 0 aliphatic heterocycles. The number of carbonyl (C=O) groups excluding carboxylic acids is 1. The molecule has 1 rings (SSSR count). The maximum Gasteiger partial charge on any atom is 0.251 e. The molecule has 0 spiro atoms. The number of rotatable bonds is 6. The van der Waals surface area contributed by atoms with Gasteiger partial charge in [-0.2, -0.15) is 0 Å². The highest BCUT2D eigenvalue weighted by molar-refractivity contribution is 5.94. The number of amides is 1. The van der Waals surface area contributed by atoms with Crippen molar-refractivity contribution in [3.63, 3.8) is 0 Å². The van der Waals surface area contributed by atoms with E-state index in [1.54, 1.807) is 0 Å². The van der Waals surface area contributed by atoms with Gasteiger partial charge in [0.2, 0.25) is 0 Å². The van der Waals surface area contributed by atoms with Crippen molar-refractivity contribution in [1.29, 1.82) is 0 Å². The van der Waals surface area contributed by atoms with Gasteiger partial charge in [-0.25, -0.2) is 0 Å². The SMILES string of the molecule is CNCc1cccc(C(=O)NCCCN)c1. The first-order valence-electron chi connectivity index (χ1n) is 5.49. The zero-order chi connectivity index (χ0) is 11.8. The molecule has 88 valence electrons. The summed E-state index contributed by atoms with van der Waals surface area (Å²) in [5, 5.41) is 5.88. The van der Waals surface area contributed by atoms with Gasteiger partial charge in [-0.1, -0.05) is 12.1 Å². The van der Waals surface area contributed by atoms with Crippen LogP contribution >= 0.6 is 0 Å². The van der Waals surface area contributed by atoms with Gasteiger partial charge < -0.3 is 16.4 Å². The molecule has 0 saturated heterocycles. The average Bonchev–Trinajstić information content (AvgIpc) is 2.30. The minimum absolute atomic E-state index is 0.0357. The normalized spacial score (nSPS) is 10.1. The molecule has 0 aliphatic carbocycles. The summed E-state index contributed by atoms with van der Waals surface area (Å²) in [6, 6.07) is 7.60. The van der Waals surface area contributed by atoms with Gasteiger partial charge in [0.05, 0.1) is 0 Å². The van der Waals surface area contributed by atoms with E-state index in [0.717, 1.165) is 18.5 Å². The van der Waals surface area contributed by atoms with E-state index in [2.05, 4.69) is 10.6 Å². The van der Waals surface area contributed by atoms with E-state index in [4.69, 9.17) is 5.73 Å². The first-order valence-corrected chi connectivity index (χ1v) is 5.49. The Morgan fingerprint density at radius 3 is 2.94 bits per heavy atom. The molecule has 4 heteroatoms. The van der Waals surface area contributed by atoms with Crippen molar-refractivity contribution in [3.8, 4) is 0 Å². The molecule has 1 amide bonds. The predicted molar refractivity (Wildman–Crippen MR) is 65.2 cm³/mol. The van der Waals surface area contributed by atoms with Gasteiger partial charge in [0.25, 0.3) is 5.91 Å². The van der Waals surface area contributed by atoms with E-state index in [1.807, 2.05) is 31.3 Å². The zero-order valence-corrected chi connectivity index (χ0v) is 9.62. The third-order valence-corrected chi connectivity index (χ3v) is 2.24. The van der Waals surface area contributed by atoms with Crippen LogP contribution in [0.3, 0.4) is 0 Å². The average molecular weight is 221 g/mol. The number of carbonyl (C=O) groups is 1. The Morgan fingerprint density at radius 1 is 1.44 bits per heavy atom. The number of nitrogens with one attached hydrogen (secondary N) is 2. The summed E-state index contributed by atoms with van der Waals surface area (Å²) >= 11 is 0. The Balaban J connectivity index is 2.57. The Hall–Kier alpha value is -1.39. The second-order valence-electron chi connectivity index (χ2n) is 3.63. The molecule has 0 aliphatic rings. The Morgan fingerprint density at radius 2 is 2.25 bits per heavy atom. The lowest BCUT2D eigenvalue weighted by atomic mass is 10.1. The molecular formula is C12H19N3O. The fourth-order valence-electron chi connectivity index (χ4n) is 1.43. The van der Waals surface area contributed by atoms with E-state index in [9.17, 15) is 4.79 Å². The number of nitrogens with two attached hydrogens (primary N) is 1. The minimum atomic E-state index is -0.0357. The van der Waals surface area contributed by atoms with E-state index >= 15 is 0 Å². The van der Waals surface area contributed by atoms with Gasteiger partial charge in [-0.3, -0.25) is 4.79 Å². The Labute approximate surface area is 96.2 Å². The van der Waals surface area contributed by atoms with Crippen LogP contribution in [0, 0.1) is 0 Å². The maximum atomic E-state index is 11.7. The second-order valence-corrected chi connectivity index (χ2v) is 3.63. The van der Waals surface area contributed by atoms with Crippen LogP contribution < -0.4 is 16.4 Å². The van der Waals surface area contributed by atoms with E-state index in [1.165, 1.54) is 0 Å². The van der Waals surface area contributed by atoms with Gasteiger partial charge in [0.1, 0.15) is 0 Å². The van der Waals surface area contributed by atoms with Crippen molar-refractivity contribution in [2.45, 2.75) is 13.0 Å². The molecule has 4 nitrogen and oxygen atoms in total. The smallest absolute Gasteiger partial charge is 0.251 e. The van der Waals surface area contributed by atoms with Gasteiger partial charge in [0, 0.05) is 18.7 Å². The number of hydrogen-bond acceptors (Lipinski definition) is 3. The van der Waals surface area contributed by atoms with Gasteiger partial charge in [-0.05, 0) is 37.7 Å². The van der Waals surface area contributed by atoms with Crippen LogP contribution in [0.1, 0.15) is 22.3 Å². The highest BCUT2D eigenvalue weighted by Crippen LogP contribution is 2.04. The minimum Gasteiger partial charge on any atom is -0.352 e. The van der Waals surface area contributed by atoms with Crippen molar-refractivity contribution < 1.29 is 4.79 Å². The number of hydrogen-bond donors (Lipinski definition) is 3. The van der Waals surface area contributed by atoms with Crippen molar-refractivity contribution in [3.05, 3.63) is 35.4 Å². The summed E-state index contributed by atoms with van der Waals surface area (Å²) in [6.07, 6.45) is 0.807. The maximum absolute atomic E-state index is 11.7. The topological polar surface area (TPSA) is 67.2 Å². The fourth-order valence-corrected chi connectivity index (χ4v) is 1.43. The van der Waals surface area contributed by atoms with E-state index in [0.29, 0.717) is 18.7 Å². The van der Waals surface area contributed by atoms with Crippen molar-refractivity contribution in [2.24, 2.45) is 5.73 Å². The second kappa shape index (κ2) is 6.98. The summed E-state index contributed by atoms with van der Waals surface area (Å²) in [7, 11) is 1.88. The summed E-state index contributed by atoms with van der Waals surface area (Å²) in [6.45, 7) is 2.00. The van der Waals surface area contributed by atoms with Crippen molar-refractivity contribution in [1.82, 2.24) is 10.6 Å². The van der Waals surface area contributed by atoms with Gasteiger partial charge in [-0.15, -0.1) is 0 Å². The largest absolute Gasteiger partial charge is 0.352 e. The Kier molecular flexibility index (Phi) is 5.53. The number of benzene rings is 1. The first-order chi connectivity index (χ1) is 7.77. The lowest BCUT2D eigenvalue weighted by Gasteiger charge is -2.06. The van der Waals surface area contributed by atoms with Crippen LogP contribution in [0.25, 0.3) is 0 Å². The highest BCUT2D eigenvalue weighted by atomic mass is 16.1. The molecular weight excluding hydrogens is 202 g/mol. The third kappa shape index (κ3) is 4.00. The van der Waals surface area contributed by atoms with Crippen molar-refractivity contribution >= 4 is 5.91 Å². The van der Waals surface area contributed by atoms with Crippen LogP contribution in [-0.2, 0) is 6.54 Å². The van der Waals surface area contributed by atoms with Gasteiger partial charge >= 0.3 is 0 Å². The molecule has 0 aromatic heterocycles. The summed E-state index contributed by atoms with van der Waals surface area (Å²) in [5.41, 5.74) is 7.16. The van der Waals surface area contributed by atoms with E-state index < -0.39 is 0 Å². The monoisotopic (exact) mass is 221 g/mol. The predicted octanol–water partition coefficient (Wildman–Crippen LogP) is 0.485. The molecule has 0 heterocycles. The highest BCUT2D eigenvalue weighted by Gasteiger charge is 2.04. The molecule has 0 unspecified atom stereocenters. The van der Waals surface area contributed by atoms with Gasteiger partial charge in [0.15, 0.2) is 0 Å². The lowest BCUT2D eigenvalue weighted by Crippen LogP contribution is -2.26. The quantitative estimate of drug-likeness (QED) is 0.612. The molecule has 0 saturated carbocycles. The third-order valence-electron chi connectivity index (χ3n) is 2.24. The molecule has 0 fully saturated rings. The molecule has 0 bridgehead atoms. The van der Waals surface area contributed by atoms with Crippen LogP contribution in [0.4, 0.5) is 0 Å². The molecule has 4 N–H and O–H groups in total. The molecule has 1 aromatic carbocycles. The summed E-state index contributed by atoms with van der Waals surface area (Å²) in [5.74, 6) is -0.0357. The van der Waals surface area contributed by atoms with Crippen LogP contribution in [0.5, 0.6) is 0 Å². The molecule has 0 radical (unpaired) electrons. The van der Waals surface area contributed by atoms with Crippen LogP contribution in [-0.4, -0.2) is 26.0 Å². The zero-order valence-electron chi connectivity index (χ0n) is 9.62. The fraction of sp³-hybridized carbons (Fsp3) is 0.417. The molecule has 16 heavy (non-hydrogen) atoms. The standard InChI is InChI=1S/C12H19N3O/c1-14-9-10-4-2-5-11(8-10)12(16)15-7-3-6-13/h2,4-5,8,14H,3,6-7,9,13H2,1H3,(H,15,16). The van der Waals surface area contributed by atoms with E-state index in [-0.39, 0.29) is 5.91 Å².